The Hall–Kier alpha value is -2.54. The number of carbonyl (C=O) groups is 1. The van der Waals surface area contributed by atoms with Gasteiger partial charge in [-0.15, -0.1) is 0 Å². The molecule has 0 unspecified atom stereocenters. The van der Waals surface area contributed by atoms with Crippen molar-refractivity contribution >= 4 is 17.3 Å². The molecule has 0 spiro atoms. The van der Waals surface area contributed by atoms with Crippen LogP contribution < -0.4 is 15.1 Å². The predicted octanol–water partition coefficient (Wildman–Crippen LogP) is 2.61. The van der Waals surface area contributed by atoms with Crippen molar-refractivity contribution in [3.05, 3.63) is 59.7 Å². The lowest BCUT2D eigenvalue weighted by molar-refractivity contribution is -0.892. The molecule has 1 fully saturated rings. The smallest absolute Gasteiger partial charge is 0.360 e. The minimum atomic E-state index is -4.34. The number of piperazine rings is 1. The lowest BCUT2D eigenvalue weighted by atomic mass is 10.1. The Kier molecular flexibility index (Phi) is 6.24. The fourth-order valence-corrected chi connectivity index (χ4v) is 3.44. The largest absolute Gasteiger partial charge is 0.416 e. The summed E-state index contributed by atoms with van der Waals surface area (Å²) in [6.07, 6.45) is -3.43. The molecule has 150 valence electrons. The summed E-state index contributed by atoms with van der Waals surface area (Å²) in [5.74, 6) is -0.0456. The van der Waals surface area contributed by atoms with Crippen LogP contribution in [0.4, 0.5) is 24.5 Å². The molecule has 2 aromatic rings. The van der Waals surface area contributed by atoms with Crippen molar-refractivity contribution in [3.8, 4) is 0 Å². The first-order valence-corrected chi connectivity index (χ1v) is 9.49. The first kappa shape index (κ1) is 20.2. The van der Waals surface area contributed by atoms with Crippen LogP contribution in [0, 0.1) is 0 Å². The number of amides is 1. The monoisotopic (exact) mass is 392 g/mol. The number of halogens is 3. The maximum absolute atomic E-state index is 12.9. The number of nitrogens with zero attached hydrogens (tertiary/aromatic N) is 1. The van der Waals surface area contributed by atoms with E-state index in [4.69, 9.17) is 0 Å². The minimum absolute atomic E-state index is 0.0456. The molecule has 0 atom stereocenters. The highest BCUT2D eigenvalue weighted by Gasteiger charge is 2.31. The Balaban J connectivity index is 1.52. The van der Waals surface area contributed by atoms with E-state index in [0.29, 0.717) is 38.4 Å². The van der Waals surface area contributed by atoms with Crippen molar-refractivity contribution in [3.63, 3.8) is 0 Å². The van der Waals surface area contributed by atoms with Gasteiger partial charge in [-0.2, -0.15) is 13.2 Å². The third-order valence-electron chi connectivity index (χ3n) is 5.04. The molecule has 2 N–H and O–H groups in total. The average Bonchev–Trinajstić information content (AvgIpc) is 2.68. The predicted molar refractivity (Wildman–Crippen MR) is 104 cm³/mol. The molecule has 1 aliphatic rings. The molecule has 1 heterocycles. The van der Waals surface area contributed by atoms with Gasteiger partial charge in [0.15, 0.2) is 6.54 Å². The molecule has 4 nitrogen and oxygen atoms in total. The topological polar surface area (TPSA) is 36.8 Å². The summed E-state index contributed by atoms with van der Waals surface area (Å²) in [7, 11) is 0. The fourth-order valence-electron chi connectivity index (χ4n) is 3.44. The number of carbonyl (C=O) groups excluding carboxylic acids is 1. The fraction of sp³-hybridized carbons (Fsp3) is 0.381. The third-order valence-corrected chi connectivity index (χ3v) is 5.04. The SMILES string of the molecule is CCc1cccc(NC(=O)C[NH+]2CCN(c3cccc(C(F)(F)F)c3)CC2)c1. The molecule has 1 amide bonds. The van der Waals surface area contributed by atoms with E-state index in [0.717, 1.165) is 23.1 Å². The van der Waals surface area contributed by atoms with Crippen LogP contribution in [0.2, 0.25) is 0 Å². The molecule has 7 heteroatoms. The highest BCUT2D eigenvalue weighted by molar-refractivity contribution is 5.91. The summed E-state index contributed by atoms with van der Waals surface area (Å²) in [6.45, 7) is 5.07. The van der Waals surface area contributed by atoms with Crippen molar-refractivity contribution in [2.45, 2.75) is 19.5 Å². The van der Waals surface area contributed by atoms with Gasteiger partial charge in [-0.3, -0.25) is 4.79 Å². The van der Waals surface area contributed by atoms with Gasteiger partial charge in [0.25, 0.3) is 5.91 Å². The van der Waals surface area contributed by atoms with Crippen LogP contribution in [0.5, 0.6) is 0 Å². The molecular weight excluding hydrogens is 367 g/mol. The molecule has 3 rings (SSSR count). The Labute approximate surface area is 162 Å². The number of hydrogen-bond acceptors (Lipinski definition) is 2. The zero-order valence-corrected chi connectivity index (χ0v) is 15.9. The number of rotatable bonds is 5. The summed E-state index contributed by atoms with van der Waals surface area (Å²) in [5, 5.41) is 2.93. The zero-order valence-electron chi connectivity index (χ0n) is 15.9. The third kappa shape index (κ3) is 5.25. The normalized spacial score (nSPS) is 15.5. The van der Waals surface area contributed by atoms with Gasteiger partial charge in [0.05, 0.1) is 31.7 Å². The summed E-state index contributed by atoms with van der Waals surface area (Å²) in [5.41, 5.74) is 1.91. The number of quaternary nitrogens is 1. The molecule has 0 aromatic heterocycles. The highest BCUT2D eigenvalue weighted by Crippen LogP contribution is 2.31. The van der Waals surface area contributed by atoms with E-state index in [1.165, 1.54) is 17.7 Å². The summed E-state index contributed by atoms with van der Waals surface area (Å²) < 4.78 is 38.7. The van der Waals surface area contributed by atoms with Crippen molar-refractivity contribution in [1.29, 1.82) is 0 Å². The van der Waals surface area contributed by atoms with Crippen LogP contribution in [-0.4, -0.2) is 38.6 Å². The van der Waals surface area contributed by atoms with E-state index >= 15 is 0 Å². The first-order valence-electron chi connectivity index (χ1n) is 9.49. The Morgan fingerprint density at radius 1 is 1.11 bits per heavy atom. The minimum Gasteiger partial charge on any atom is -0.360 e. The molecule has 0 saturated carbocycles. The Morgan fingerprint density at radius 2 is 1.82 bits per heavy atom. The average molecular weight is 392 g/mol. The second-order valence-electron chi connectivity index (χ2n) is 7.06. The number of aryl methyl sites for hydroxylation is 1. The molecule has 28 heavy (non-hydrogen) atoms. The Morgan fingerprint density at radius 3 is 2.50 bits per heavy atom. The summed E-state index contributed by atoms with van der Waals surface area (Å²) in [4.78, 5) is 15.4. The molecule has 0 radical (unpaired) electrons. The van der Waals surface area contributed by atoms with Gasteiger partial charge >= 0.3 is 6.18 Å². The summed E-state index contributed by atoms with van der Waals surface area (Å²) >= 11 is 0. The Bertz CT molecular complexity index is 815. The van der Waals surface area contributed by atoms with Crippen LogP contribution >= 0.6 is 0 Å². The lowest BCUT2D eigenvalue weighted by Crippen LogP contribution is -3.15. The lowest BCUT2D eigenvalue weighted by Gasteiger charge is -2.33. The van der Waals surface area contributed by atoms with E-state index in [-0.39, 0.29) is 5.91 Å². The van der Waals surface area contributed by atoms with Crippen LogP contribution in [0.15, 0.2) is 48.5 Å². The second-order valence-corrected chi connectivity index (χ2v) is 7.06. The molecule has 1 aliphatic heterocycles. The number of hydrogen-bond donors (Lipinski definition) is 2. The number of benzene rings is 2. The maximum Gasteiger partial charge on any atom is 0.416 e. The van der Waals surface area contributed by atoms with E-state index in [1.807, 2.05) is 29.2 Å². The quantitative estimate of drug-likeness (QED) is 0.821. The van der Waals surface area contributed by atoms with Crippen LogP contribution in [-0.2, 0) is 17.4 Å². The van der Waals surface area contributed by atoms with Crippen molar-refractivity contribution in [1.82, 2.24) is 0 Å². The van der Waals surface area contributed by atoms with E-state index < -0.39 is 11.7 Å². The summed E-state index contributed by atoms with van der Waals surface area (Å²) in [6, 6.07) is 13.2. The molecular formula is C21H25F3N3O+. The van der Waals surface area contributed by atoms with E-state index in [1.54, 1.807) is 6.07 Å². The van der Waals surface area contributed by atoms with E-state index in [9.17, 15) is 18.0 Å². The highest BCUT2D eigenvalue weighted by atomic mass is 19.4. The molecule has 0 bridgehead atoms. The van der Waals surface area contributed by atoms with E-state index in [2.05, 4.69) is 12.2 Å². The van der Waals surface area contributed by atoms with Crippen LogP contribution in [0.1, 0.15) is 18.1 Å². The molecule has 2 aromatic carbocycles. The van der Waals surface area contributed by atoms with Gasteiger partial charge in [-0.1, -0.05) is 25.1 Å². The van der Waals surface area contributed by atoms with Gasteiger partial charge in [0.1, 0.15) is 0 Å². The standard InChI is InChI=1S/C21H24F3N3O/c1-2-16-5-3-7-18(13-16)25-20(28)15-26-9-11-27(12-10-26)19-8-4-6-17(14-19)21(22,23)24/h3-8,13-14H,2,9-12,15H2,1H3,(H,25,28)/p+1. The van der Waals surface area contributed by atoms with Gasteiger partial charge in [-0.05, 0) is 42.3 Å². The van der Waals surface area contributed by atoms with Crippen LogP contribution in [0.3, 0.4) is 0 Å². The maximum atomic E-state index is 12.9. The first-order chi connectivity index (χ1) is 13.3. The van der Waals surface area contributed by atoms with Crippen molar-refractivity contribution < 1.29 is 22.9 Å². The molecule has 0 aliphatic carbocycles. The number of nitrogens with one attached hydrogen (secondary N) is 2. The van der Waals surface area contributed by atoms with Gasteiger partial charge in [0, 0.05) is 11.4 Å². The molecule has 1 saturated heterocycles. The number of alkyl halides is 3. The van der Waals surface area contributed by atoms with Gasteiger partial charge in [0.2, 0.25) is 0 Å². The van der Waals surface area contributed by atoms with Crippen molar-refractivity contribution in [2.24, 2.45) is 0 Å². The van der Waals surface area contributed by atoms with Gasteiger partial charge in [-0.25, -0.2) is 0 Å². The second kappa shape index (κ2) is 8.65. The zero-order chi connectivity index (χ0) is 20.1. The van der Waals surface area contributed by atoms with Crippen LogP contribution in [0.25, 0.3) is 0 Å². The van der Waals surface area contributed by atoms with Crippen molar-refractivity contribution in [2.75, 3.05) is 42.9 Å². The number of anilines is 2. The van der Waals surface area contributed by atoms with Gasteiger partial charge < -0.3 is 15.1 Å².